The lowest BCUT2D eigenvalue weighted by Crippen LogP contribution is -2.71. The first kappa shape index (κ1) is 24.2. The van der Waals surface area contributed by atoms with Gasteiger partial charge in [0.1, 0.15) is 24.5 Å². The molecule has 0 aromatic rings. The number of rotatable bonds is 4. The molecule has 0 aromatic carbocycles. The normalized spacial score (nSPS) is 48.4. The van der Waals surface area contributed by atoms with E-state index in [1.54, 1.807) is 20.8 Å². The van der Waals surface area contributed by atoms with Gasteiger partial charge in [0.15, 0.2) is 17.2 Å². The molecule has 0 aliphatic heterocycles. The molecule has 4 aliphatic rings. The molecule has 182 valence electrons. The number of esters is 1. The van der Waals surface area contributed by atoms with Gasteiger partial charge < -0.3 is 14.9 Å². The third-order valence-corrected chi connectivity index (χ3v) is 9.32. The molecule has 4 rings (SSSR count). The highest BCUT2D eigenvalue weighted by atomic mass is 19.1. The number of hydrogen-bond acceptors (Lipinski definition) is 6. The van der Waals surface area contributed by atoms with E-state index in [0.29, 0.717) is 0 Å². The van der Waals surface area contributed by atoms with E-state index in [9.17, 15) is 24.6 Å². The maximum absolute atomic E-state index is 17.6. The van der Waals surface area contributed by atoms with Crippen LogP contribution < -0.4 is 0 Å². The fourth-order valence-electron chi connectivity index (χ4n) is 7.59. The van der Waals surface area contributed by atoms with Crippen LogP contribution in [-0.2, 0) is 19.1 Å². The van der Waals surface area contributed by atoms with Crippen molar-refractivity contribution in [3.8, 4) is 0 Å². The topological polar surface area (TPSA) is 101 Å². The minimum absolute atomic E-state index is 0.00684. The molecule has 9 atom stereocenters. The summed E-state index contributed by atoms with van der Waals surface area (Å²) in [5, 5.41) is 21.2. The number of fused-ring (bicyclic) bond motifs is 5. The number of aliphatic hydroxyl groups is 2. The Morgan fingerprint density at radius 3 is 2.52 bits per heavy atom. The van der Waals surface area contributed by atoms with Crippen LogP contribution in [0.25, 0.3) is 0 Å². The summed E-state index contributed by atoms with van der Waals surface area (Å²) in [5.74, 6) is -4.03. The number of ether oxygens (including phenoxy) is 1. The summed E-state index contributed by atoms with van der Waals surface area (Å²) in [6.45, 7) is 5.55. The lowest BCUT2D eigenvalue weighted by atomic mass is 9.44. The van der Waals surface area contributed by atoms with Crippen molar-refractivity contribution in [3.63, 3.8) is 0 Å². The van der Waals surface area contributed by atoms with Crippen molar-refractivity contribution in [3.05, 3.63) is 23.8 Å². The van der Waals surface area contributed by atoms with Crippen LogP contribution in [0.15, 0.2) is 23.8 Å². The standard InChI is InChI=1S/C25H32F2O6/c1-5-21(31)33-20-11-23(4)15(8-13(2)25(23,32)19(30)12-28)16-10-18(26)17-9-14(29)6-7-22(17,3)24(16,20)27/h6-7,9,13,15-16,18,20,28,32H,5,8,10-12H2,1-4H3. The van der Waals surface area contributed by atoms with Crippen molar-refractivity contribution in [2.45, 2.75) is 76.9 Å². The van der Waals surface area contributed by atoms with Gasteiger partial charge in [-0.2, -0.15) is 0 Å². The molecule has 6 nitrogen and oxygen atoms in total. The Balaban J connectivity index is 1.92. The first-order chi connectivity index (χ1) is 15.3. The lowest BCUT2D eigenvalue weighted by Gasteiger charge is -2.63. The number of Topliss-reactive ketones (excluding diaryl/α,β-unsaturated/α-hetero) is 1. The van der Waals surface area contributed by atoms with Crippen LogP contribution in [0.4, 0.5) is 8.78 Å². The Labute approximate surface area is 192 Å². The average Bonchev–Trinajstić information content (AvgIpc) is 2.97. The predicted molar refractivity (Wildman–Crippen MR) is 114 cm³/mol. The Kier molecular flexibility index (Phi) is 5.53. The van der Waals surface area contributed by atoms with E-state index in [0.717, 1.165) is 6.08 Å². The van der Waals surface area contributed by atoms with Crippen LogP contribution in [0.1, 0.15) is 53.4 Å². The molecule has 3 fully saturated rings. The third-order valence-electron chi connectivity index (χ3n) is 9.32. The summed E-state index contributed by atoms with van der Waals surface area (Å²) in [7, 11) is 0. The zero-order valence-corrected chi connectivity index (χ0v) is 19.4. The van der Waals surface area contributed by atoms with Gasteiger partial charge in [-0.15, -0.1) is 0 Å². The quantitative estimate of drug-likeness (QED) is 0.618. The number of carbonyl (C=O) groups excluding carboxylic acids is 3. The second-order valence-electron chi connectivity index (χ2n) is 10.7. The minimum Gasteiger partial charge on any atom is -0.459 e. The van der Waals surface area contributed by atoms with Crippen molar-refractivity contribution in [1.29, 1.82) is 0 Å². The molecule has 0 heterocycles. The van der Waals surface area contributed by atoms with Crippen molar-refractivity contribution < 1.29 is 38.1 Å². The molecule has 0 bridgehead atoms. The summed E-state index contributed by atoms with van der Waals surface area (Å²) in [6, 6.07) is 0. The Bertz CT molecular complexity index is 961. The monoisotopic (exact) mass is 466 g/mol. The molecule has 0 spiro atoms. The molecule has 0 amide bonds. The summed E-state index contributed by atoms with van der Waals surface area (Å²) in [6.07, 6.45) is 0.592. The van der Waals surface area contributed by atoms with Crippen LogP contribution in [0, 0.1) is 28.6 Å². The van der Waals surface area contributed by atoms with E-state index < -0.39 is 76.3 Å². The first-order valence-electron chi connectivity index (χ1n) is 11.7. The highest BCUT2D eigenvalue weighted by Crippen LogP contribution is 2.71. The number of alkyl halides is 2. The number of hydrogen-bond donors (Lipinski definition) is 2. The fraction of sp³-hybridized carbons (Fsp3) is 0.720. The van der Waals surface area contributed by atoms with Crippen LogP contribution >= 0.6 is 0 Å². The largest absolute Gasteiger partial charge is 0.459 e. The van der Waals surface area contributed by atoms with Gasteiger partial charge in [-0.25, -0.2) is 8.78 Å². The minimum atomic E-state index is -2.25. The second kappa shape index (κ2) is 7.54. The molecule has 9 unspecified atom stereocenters. The second-order valence-corrected chi connectivity index (χ2v) is 10.7. The van der Waals surface area contributed by atoms with E-state index in [1.807, 2.05) is 0 Å². The molecule has 0 saturated heterocycles. The van der Waals surface area contributed by atoms with E-state index in [1.165, 1.54) is 19.1 Å². The number of halogens is 2. The lowest BCUT2D eigenvalue weighted by molar-refractivity contribution is -0.233. The Morgan fingerprint density at radius 1 is 1.24 bits per heavy atom. The first-order valence-corrected chi connectivity index (χ1v) is 11.7. The summed E-state index contributed by atoms with van der Waals surface area (Å²) >= 11 is 0. The van der Waals surface area contributed by atoms with Crippen LogP contribution in [0.2, 0.25) is 0 Å². The highest BCUT2D eigenvalue weighted by Gasteiger charge is 2.77. The molecule has 4 aliphatic carbocycles. The van der Waals surface area contributed by atoms with Gasteiger partial charge in [0.2, 0.25) is 0 Å². The predicted octanol–water partition coefficient (Wildman–Crippen LogP) is 2.80. The summed E-state index contributed by atoms with van der Waals surface area (Å²) in [4.78, 5) is 37.2. The van der Waals surface area contributed by atoms with Crippen LogP contribution in [-0.4, -0.2) is 57.9 Å². The maximum atomic E-state index is 17.6. The molecule has 0 aromatic heterocycles. The SMILES string of the molecule is CCC(=O)OC1CC2(C)C(CC(C)C2(O)C(=O)CO)C2CC(F)C3=CC(=O)C=CC3(C)C12F. The van der Waals surface area contributed by atoms with E-state index in [4.69, 9.17) is 4.74 Å². The van der Waals surface area contributed by atoms with Crippen molar-refractivity contribution in [2.75, 3.05) is 6.61 Å². The fourth-order valence-corrected chi connectivity index (χ4v) is 7.59. The third kappa shape index (κ3) is 2.86. The molecular weight excluding hydrogens is 434 g/mol. The molecule has 2 N–H and O–H groups in total. The number of allylic oxidation sites excluding steroid dienone is 4. The van der Waals surface area contributed by atoms with Crippen molar-refractivity contribution >= 4 is 17.5 Å². The van der Waals surface area contributed by atoms with Gasteiger partial charge in [0, 0.05) is 23.2 Å². The molecule has 0 radical (unpaired) electrons. The van der Waals surface area contributed by atoms with Crippen molar-refractivity contribution in [2.24, 2.45) is 28.6 Å². The zero-order valence-electron chi connectivity index (χ0n) is 19.4. The number of aliphatic hydroxyl groups excluding tert-OH is 1. The molecule has 33 heavy (non-hydrogen) atoms. The van der Waals surface area contributed by atoms with Gasteiger partial charge in [0.05, 0.1) is 0 Å². The summed E-state index contributed by atoms with van der Waals surface area (Å²) < 4.78 is 38.8. The van der Waals surface area contributed by atoms with Gasteiger partial charge in [-0.3, -0.25) is 14.4 Å². The summed E-state index contributed by atoms with van der Waals surface area (Å²) in [5.41, 5.74) is -6.96. The van der Waals surface area contributed by atoms with Crippen LogP contribution in [0.5, 0.6) is 0 Å². The number of ketones is 2. The Morgan fingerprint density at radius 2 is 1.91 bits per heavy atom. The van der Waals surface area contributed by atoms with Gasteiger partial charge in [0.25, 0.3) is 0 Å². The maximum Gasteiger partial charge on any atom is 0.305 e. The zero-order chi connectivity index (χ0) is 24.6. The van der Waals surface area contributed by atoms with Crippen LogP contribution in [0.3, 0.4) is 0 Å². The smallest absolute Gasteiger partial charge is 0.305 e. The molecule has 3 saturated carbocycles. The highest BCUT2D eigenvalue weighted by molar-refractivity contribution is 6.01. The average molecular weight is 467 g/mol. The molecular formula is C25H32F2O6. The molecule has 8 heteroatoms. The van der Waals surface area contributed by atoms with E-state index in [2.05, 4.69) is 0 Å². The van der Waals surface area contributed by atoms with Crippen molar-refractivity contribution in [1.82, 2.24) is 0 Å². The van der Waals surface area contributed by atoms with Gasteiger partial charge in [-0.05, 0) is 55.7 Å². The van der Waals surface area contributed by atoms with Gasteiger partial charge in [-0.1, -0.05) is 26.8 Å². The van der Waals surface area contributed by atoms with E-state index in [-0.39, 0.29) is 31.3 Å². The van der Waals surface area contributed by atoms with Gasteiger partial charge >= 0.3 is 5.97 Å². The number of carbonyl (C=O) groups is 3. The Hall–Kier alpha value is -1.93. The van der Waals surface area contributed by atoms with E-state index >= 15 is 8.78 Å².